The van der Waals surface area contributed by atoms with E-state index in [2.05, 4.69) is 4.72 Å². The van der Waals surface area contributed by atoms with E-state index >= 15 is 0 Å². The van der Waals surface area contributed by atoms with Crippen LogP contribution in [-0.4, -0.2) is 31.8 Å². The van der Waals surface area contributed by atoms with Gasteiger partial charge in [0.15, 0.2) is 0 Å². The van der Waals surface area contributed by atoms with Gasteiger partial charge in [0.25, 0.3) is 10.0 Å². The number of hydrogen-bond acceptors (Lipinski definition) is 6. The van der Waals surface area contributed by atoms with Gasteiger partial charge < -0.3 is 18.6 Å². The molecule has 154 valence electrons. The Morgan fingerprint density at radius 3 is 1.79 bits per heavy atom. The van der Waals surface area contributed by atoms with Gasteiger partial charge in [-0.25, -0.2) is 8.42 Å². The van der Waals surface area contributed by atoms with Gasteiger partial charge in [-0.2, -0.15) is 0 Å². The number of hydrogen-bond donors (Lipinski definition) is 1. The van der Waals surface area contributed by atoms with Crippen molar-refractivity contribution in [1.29, 1.82) is 0 Å². The van der Waals surface area contributed by atoms with Crippen LogP contribution < -0.4 is 25.3 Å². The molecule has 1 N–H and O–H groups in total. The average molecular weight is 419 g/mol. The Kier molecular flexibility index (Phi) is 5.14. The van der Waals surface area contributed by atoms with Gasteiger partial charge in [0, 0.05) is 32.3 Å². The maximum Gasteiger partial charge on any atom is 0.316 e. The summed E-state index contributed by atoms with van der Waals surface area (Å²) in [6.07, 6.45) is 0. The number of aromatic nitrogens is 2. The van der Waals surface area contributed by atoms with Crippen molar-refractivity contribution in [2.45, 2.75) is 11.8 Å². The number of ether oxygens (including phenoxy) is 2. The first-order chi connectivity index (χ1) is 13.6. The van der Waals surface area contributed by atoms with Crippen LogP contribution in [0.1, 0.15) is 5.56 Å². The number of benzene rings is 2. The zero-order valence-corrected chi connectivity index (χ0v) is 17.5. The molecule has 0 saturated heterocycles. The molecule has 0 spiro atoms. The summed E-state index contributed by atoms with van der Waals surface area (Å²) < 4.78 is 41.3. The zero-order chi connectivity index (χ0) is 21.5. The molecule has 0 aliphatic rings. The molecule has 0 bridgehead atoms. The van der Waals surface area contributed by atoms with E-state index in [1.807, 2.05) is 0 Å². The first-order valence-corrected chi connectivity index (χ1v) is 10.0. The topological polar surface area (TPSA) is 109 Å². The molecule has 2 aromatic carbocycles. The summed E-state index contributed by atoms with van der Waals surface area (Å²) >= 11 is 0. The highest BCUT2D eigenvalue weighted by atomic mass is 32.2. The largest absolute Gasteiger partial charge is 0.497 e. The van der Waals surface area contributed by atoms with E-state index in [0.717, 1.165) is 4.57 Å². The fourth-order valence-corrected chi connectivity index (χ4v) is 4.36. The van der Waals surface area contributed by atoms with Crippen LogP contribution in [0.15, 0.2) is 44.8 Å². The molecule has 0 radical (unpaired) electrons. The van der Waals surface area contributed by atoms with E-state index in [-0.39, 0.29) is 10.6 Å². The number of anilines is 1. The summed E-state index contributed by atoms with van der Waals surface area (Å²) in [5.74, 6) is 0.851. The molecule has 0 fully saturated rings. The molecule has 0 atom stereocenters. The minimum absolute atomic E-state index is 0.0135. The summed E-state index contributed by atoms with van der Waals surface area (Å²) in [5.41, 5.74) is 0.0424. The predicted octanol–water partition coefficient (Wildman–Crippen LogP) is 1.36. The first-order valence-electron chi connectivity index (χ1n) is 8.55. The van der Waals surface area contributed by atoms with Crippen LogP contribution in [0.4, 0.5) is 5.69 Å². The lowest BCUT2D eigenvalue weighted by molar-refractivity contribution is 0.395. The zero-order valence-electron chi connectivity index (χ0n) is 16.6. The van der Waals surface area contributed by atoms with Crippen molar-refractivity contribution in [1.82, 2.24) is 9.13 Å². The lowest BCUT2D eigenvalue weighted by Crippen LogP contribution is -2.39. The van der Waals surface area contributed by atoms with Gasteiger partial charge in [-0.3, -0.25) is 14.3 Å². The SMILES string of the molecule is COc1cc(NS(=O)(=O)c2cc3c(cc2C)n(C)c(=O)c(=O)n3C)cc(OC)c1. The standard InChI is InChI=1S/C19H21N3O6S/c1-11-6-15-16(22(3)19(24)18(23)21(15)2)10-17(11)29(25,26)20-12-7-13(27-4)9-14(8-12)28-5/h6-10,20H,1-5H3. The van der Waals surface area contributed by atoms with Crippen LogP contribution in [0.3, 0.4) is 0 Å². The molecular weight excluding hydrogens is 398 g/mol. The maximum atomic E-state index is 13.1. The van der Waals surface area contributed by atoms with E-state index in [9.17, 15) is 18.0 Å². The van der Waals surface area contributed by atoms with Gasteiger partial charge in [0.2, 0.25) is 0 Å². The molecule has 3 rings (SSSR count). The summed E-state index contributed by atoms with van der Waals surface area (Å²) in [5, 5.41) is 0. The number of methoxy groups -OCH3 is 2. The molecule has 1 aromatic heterocycles. The summed E-state index contributed by atoms with van der Waals surface area (Å²) in [6, 6.07) is 7.61. The van der Waals surface area contributed by atoms with E-state index < -0.39 is 21.1 Å². The van der Waals surface area contributed by atoms with Crippen molar-refractivity contribution >= 4 is 26.7 Å². The number of nitrogens with one attached hydrogen (secondary N) is 1. The van der Waals surface area contributed by atoms with Crippen molar-refractivity contribution in [3.8, 4) is 11.5 Å². The molecule has 0 saturated carbocycles. The summed E-state index contributed by atoms with van der Waals surface area (Å²) in [7, 11) is 1.83. The van der Waals surface area contributed by atoms with Gasteiger partial charge in [-0.05, 0) is 24.6 Å². The molecule has 10 heteroatoms. The number of rotatable bonds is 5. The van der Waals surface area contributed by atoms with Crippen molar-refractivity contribution in [3.63, 3.8) is 0 Å². The maximum absolute atomic E-state index is 13.1. The van der Waals surface area contributed by atoms with Crippen molar-refractivity contribution in [2.75, 3.05) is 18.9 Å². The van der Waals surface area contributed by atoms with Crippen molar-refractivity contribution in [2.24, 2.45) is 14.1 Å². The Morgan fingerprint density at radius 2 is 1.31 bits per heavy atom. The third-order valence-electron chi connectivity index (χ3n) is 4.68. The second-order valence-electron chi connectivity index (χ2n) is 6.54. The Morgan fingerprint density at radius 1 is 0.828 bits per heavy atom. The molecule has 1 heterocycles. The van der Waals surface area contributed by atoms with Crippen LogP contribution in [0.5, 0.6) is 11.5 Å². The van der Waals surface area contributed by atoms with E-state index in [0.29, 0.717) is 28.1 Å². The van der Waals surface area contributed by atoms with Gasteiger partial charge in [0.1, 0.15) is 11.5 Å². The van der Waals surface area contributed by atoms with Gasteiger partial charge in [0.05, 0.1) is 35.8 Å². The average Bonchev–Trinajstić information content (AvgIpc) is 2.69. The molecule has 0 unspecified atom stereocenters. The monoisotopic (exact) mass is 419 g/mol. The lowest BCUT2D eigenvalue weighted by Gasteiger charge is -2.15. The minimum atomic E-state index is -4.00. The van der Waals surface area contributed by atoms with Crippen LogP contribution in [0.2, 0.25) is 0 Å². The summed E-state index contributed by atoms with van der Waals surface area (Å²) in [4.78, 5) is 24.1. The second-order valence-corrected chi connectivity index (χ2v) is 8.19. The van der Waals surface area contributed by atoms with Crippen LogP contribution >= 0.6 is 0 Å². The highest BCUT2D eigenvalue weighted by Gasteiger charge is 2.21. The highest BCUT2D eigenvalue weighted by molar-refractivity contribution is 7.92. The van der Waals surface area contributed by atoms with E-state index in [1.165, 1.54) is 51.1 Å². The van der Waals surface area contributed by atoms with Crippen LogP contribution in [0.25, 0.3) is 11.0 Å². The third kappa shape index (κ3) is 3.58. The molecule has 9 nitrogen and oxygen atoms in total. The van der Waals surface area contributed by atoms with E-state index in [1.54, 1.807) is 19.1 Å². The quantitative estimate of drug-likeness (QED) is 0.626. The van der Waals surface area contributed by atoms with Gasteiger partial charge in [-0.15, -0.1) is 0 Å². The molecule has 29 heavy (non-hydrogen) atoms. The Hall–Kier alpha value is -3.27. The fourth-order valence-electron chi connectivity index (χ4n) is 3.07. The summed E-state index contributed by atoms with van der Waals surface area (Å²) in [6.45, 7) is 1.62. The number of fused-ring (bicyclic) bond motifs is 1. The number of nitrogens with zero attached hydrogens (tertiary/aromatic N) is 2. The predicted molar refractivity (Wildman–Crippen MR) is 110 cm³/mol. The fraction of sp³-hybridized carbons (Fsp3) is 0.263. The van der Waals surface area contributed by atoms with Gasteiger partial charge >= 0.3 is 11.1 Å². The third-order valence-corrected chi connectivity index (χ3v) is 6.20. The van der Waals surface area contributed by atoms with Gasteiger partial charge in [-0.1, -0.05) is 0 Å². The Labute approximate surface area is 167 Å². The Bertz CT molecular complexity index is 1320. The minimum Gasteiger partial charge on any atom is -0.497 e. The van der Waals surface area contributed by atoms with Crippen molar-refractivity contribution in [3.05, 3.63) is 56.6 Å². The normalized spacial score (nSPS) is 11.5. The Balaban J connectivity index is 2.18. The molecular formula is C19H21N3O6S. The number of aryl methyl sites for hydroxylation is 3. The molecule has 3 aromatic rings. The first kappa shape index (κ1) is 20.5. The van der Waals surface area contributed by atoms with E-state index in [4.69, 9.17) is 9.47 Å². The second kappa shape index (κ2) is 7.28. The van der Waals surface area contributed by atoms with Crippen LogP contribution in [0, 0.1) is 6.92 Å². The molecule has 0 aliphatic carbocycles. The highest BCUT2D eigenvalue weighted by Crippen LogP contribution is 2.29. The van der Waals surface area contributed by atoms with Crippen LogP contribution in [-0.2, 0) is 24.1 Å². The molecule has 0 amide bonds. The lowest BCUT2D eigenvalue weighted by atomic mass is 10.2. The van der Waals surface area contributed by atoms with Crippen molar-refractivity contribution < 1.29 is 17.9 Å². The smallest absolute Gasteiger partial charge is 0.316 e. The number of sulfonamides is 1. The molecule has 0 aliphatic heterocycles.